The third-order valence-corrected chi connectivity index (χ3v) is 4.22. The molecule has 0 aliphatic heterocycles. The Balaban J connectivity index is 1.79. The van der Waals surface area contributed by atoms with E-state index in [1.54, 1.807) is 12.1 Å². The summed E-state index contributed by atoms with van der Waals surface area (Å²) in [6, 6.07) is 11.6. The molecule has 2 aromatic rings. The lowest BCUT2D eigenvalue weighted by atomic mass is 10.1. The summed E-state index contributed by atoms with van der Waals surface area (Å²) in [6.07, 6.45) is 1.39. The fourth-order valence-corrected chi connectivity index (χ4v) is 2.56. The summed E-state index contributed by atoms with van der Waals surface area (Å²) >= 11 is 0. The summed E-state index contributed by atoms with van der Waals surface area (Å²) in [7, 11) is -3.67. The van der Waals surface area contributed by atoms with Crippen molar-refractivity contribution in [1.82, 2.24) is 5.32 Å². The number of benzene rings is 2. The third-order valence-electron chi connectivity index (χ3n) is 3.29. The molecule has 0 radical (unpaired) electrons. The molecule has 0 aliphatic carbocycles. The molecule has 0 unspecified atom stereocenters. The fourth-order valence-electron chi connectivity index (χ4n) is 2.04. The number of hydrogen-bond acceptors (Lipinski definition) is 3. The molecule has 122 valence electrons. The molecule has 0 atom stereocenters. The van der Waals surface area contributed by atoms with Crippen molar-refractivity contribution in [2.45, 2.75) is 17.7 Å². The van der Waals surface area contributed by atoms with Gasteiger partial charge >= 0.3 is 0 Å². The molecule has 5 nitrogen and oxygen atoms in total. The smallest absolute Gasteiger partial charge is 0.251 e. The highest BCUT2D eigenvalue weighted by Gasteiger charge is 2.07. The molecule has 0 saturated heterocycles. The molecular formula is C16H17FN2O3S. The Bertz CT molecular complexity index is 772. The first kappa shape index (κ1) is 17.1. The first-order valence-electron chi connectivity index (χ1n) is 7.02. The Morgan fingerprint density at radius 1 is 1.04 bits per heavy atom. The van der Waals surface area contributed by atoms with Crippen molar-refractivity contribution in [3.63, 3.8) is 0 Å². The average Bonchev–Trinajstić information content (AvgIpc) is 2.51. The maximum Gasteiger partial charge on any atom is 0.251 e. The summed E-state index contributed by atoms with van der Waals surface area (Å²) in [4.78, 5) is 11.9. The van der Waals surface area contributed by atoms with Crippen molar-refractivity contribution in [3.05, 3.63) is 65.5 Å². The minimum absolute atomic E-state index is 0.0749. The number of sulfonamides is 1. The maximum absolute atomic E-state index is 12.8. The standard InChI is InChI=1S/C16H17FN2O3S/c17-14-7-5-13(6-8-14)16(20)19-11-1-2-12-3-9-15(10-4-12)23(18,21)22/h3-10H,1-2,11H2,(H,19,20)(H2,18,21,22). The molecule has 0 heterocycles. The zero-order chi connectivity index (χ0) is 16.9. The lowest BCUT2D eigenvalue weighted by molar-refractivity contribution is 0.0953. The van der Waals surface area contributed by atoms with Gasteiger partial charge in [-0.1, -0.05) is 12.1 Å². The van der Waals surface area contributed by atoms with Gasteiger partial charge in [0.05, 0.1) is 4.90 Å². The second-order valence-corrected chi connectivity index (χ2v) is 6.62. The SMILES string of the molecule is NS(=O)(=O)c1ccc(CCCNC(=O)c2ccc(F)cc2)cc1. The molecule has 7 heteroatoms. The van der Waals surface area contributed by atoms with E-state index in [2.05, 4.69) is 5.32 Å². The van der Waals surface area contributed by atoms with Crippen LogP contribution in [0.25, 0.3) is 0 Å². The minimum Gasteiger partial charge on any atom is -0.352 e. The number of carbonyl (C=O) groups is 1. The Morgan fingerprint density at radius 2 is 1.65 bits per heavy atom. The van der Waals surface area contributed by atoms with Crippen LogP contribution in [0.3, 0.4) is 0 Å². The topological polar surface area (TPSA) is 89.3 Å². The molecule has 0 aromatic heterocycles. The normalized spacial score (nSPS) is 11.2. The molecule has 2 rings (SSSR count). The third kappa shape index (κ3) is 5.15. The lowest BCUT2D eigenvalue weighted by Gasteiger charge is -2.06. The summed E-state index contributed by atoms with van der Waals surface area (Å²) < 4.78 is 35.1. The average molecular weight is 336 g/mol. The molecule has 0 fully saturated rings. The molecule has 0 spiro atoms. The number of amides is 1. The number of carbonyl (C=O) groups excluding carboxylic acids is 1. The van der Waals surface area contributed by atoms with Crippen molar-refractivity contribution < 1.29 is 17.6 Å². The van der Waals surface area contributed by atoms with E-state index < -0.39 is 10.0 Å². The Kier molecular flexibility index (Phi) is 5.46. The summed E-state index contributed by atoms with van der Waals surface area (Å²) in [5.41, 5.74) is 1.36. The van der Waals surface area contributed by atoms with E-state index in [0.717, 1.165) is 5.56 Å². The van der Waals surface area contributed by atoms with E-state index >= 15 is 0 Å². The number of nitrogens with two attached hydrogens (primary N) is 1. The number of halogens is 1. The van der Waals surface area contributed by atoms with Crippen LogP contribution >= 0.6 is 0 Å². The molecule has 0 saturated carbocycles. The molecule has 2 aromatic carbocycles. The molecule has 1 amide bonds. The monoisotopic (exact) mass is 336 g/mol. The highest BCUT2D eigenvalue weighted by atomic mass is 32.2. The van der Waals surface area contributed by atoms with Gasteiger partial charge in [-0.3, -0.25) is 4.79 Å². The van der Waals surface area contributed by atoms with Crippen LogP contribution in [0.5, 0.6) is 0 Å². The Morgan fingerprint density at radius 3 is 2.22 bits per heavy atom. The van der Waals surface area contributed by atoms with Crippen molar-refractivity contribution in [3.8, 4) is 0 Å². The van der Waals surface area contributed by atoms with Gasteiger partial charge in [0.25, 0.3) is 5.91 Å². The molecule has 23 heavy (non-hydrogen) atoms. The number of rotatable bonds is 6. The van der Waals surface area contributed by atoms with Gasteiger partial charge < -0.3 is 5.32 Å². The van der Waals surface area contributed by atoms with Crippen molar-refractivity contribution in [2.24, 2.45) is 5.14 Å². The van der Waals surface area contributed by atoms with Crippen LogP contribution in [0.4, 0.5) is 4.39 Å². The van der Waals surface area contributed by atoms with Crippen LogP contribution in [-0.4, -0.2) is 20.9 Å². The molecule has 0 bridgehead atoms. The highest BCUT2D eigenvalue weighted by molar-refractivity contribution is 7.89. The summed E-state index contributed by atoms with van der Waals surface area (Å²) in [6.45, 7) is 0.465. The van der Waals surface area contributed by atoms with Crippen LogP contribution in [0, 0.1) is 5.82 Å². The van der Waals surface area contributed by atoms with Gasteiger partial charge in [0.1, 0.15) is 5.82 Å². The van der Waals surface area contributed by atoms with Gasteiger partial charge in [-0.25, -0.2) is 17.9 Å². The van der Waals surface area contributed by atoms with E-state index in [4.69, 9.17) is 5.14 Å². The number of nitrogens with one attached hydrogen (secondary N) is 1. The highest BCUT2D eigenvalue weighted by Crippen LogP contribution is 2.10. The molecule has 0 aliphatic rings. The van der Waals surface area contributed by atoms with E-state index in [1.165, 1.54) is 36.4 Å². The molecule has 3 N–H and O–H groups in total. The van der Waals surface area contributed by atoms with Crippen LogP contribution in [0.15, 0.2) is 53.4 Å². The minimum atomic E-state index is -3.67. The van der Waals surface area contributed by atoms with Gasteiger partial charge in [0.2, 0.25) is 10.0 Å². The second kappa shape index (κ2) is 7.34. The second-order valence-electron chi connectivity index (χ2n) is 5.06. The quantitative estimate of drug-likeness (QED) is 0.789. The summed E-state index contributed by atoms with van der Waals surface area (Å²) in [5, 5.41) is 7.77. The Hall–Kier alpha value is -2.25. The van der Waals surface area contributed by atoms with Crippen LogP contribution in [0.2, 0.25) is 0 Å². The largest absolute Gasteiger partial charge is 0.352 e. The van der Waals surface area contributed by atoms with Crippen LogP contribution in [0.1, 0.15) is 22.3 Å². The maximum atomic E-state index is 12.8. The predicted octanol–water partition coefficient (Wildman–Crippen LogP) is 1.84. The van der Waals surface area contributed by atoms with E-state index in [0.29, 0.717) is 24.9 Å². The first-order valence-corrected chi connectivity index (χ1v) is 8.56. The Labute approximate surface area is 134 Å². The van der Waals surface area contributed by atoms with Crippen LogP contribution < -0.4 is 10.5 Å². The number of hydrogen-bond donors (Lipinski definition) is 2. The van der Waals surface area contributed by atoms with Gasteiger partial charge in [-0.2, -0.15) is 0 Å². The first-order chi connectivity index (χ1) is 10.9. The summed E-state index contributed by atoms with van der Waals surface area (Å²) in [5.74, 6) is -0.640. The van der Waals surface area contributed by atoms with Crippen molar-refractivity contribution in [2.75, 3.05) is 6.54 Å². The number of aryl methyl sites for hydroxylation is 1. The predicted molar refractivity (Wildman–Crippen MR) is 84.9 cm³/mol. The van der Waals surface area contributed by atoms with Crippen molar-refractivity contribution in [1.29, 1.82) is 0 Å². The zero-order valence-corrected chi connectivity index (χ0v) is 13.1. The zero-order valence-electron chi connectivity index (χ0n) is 12.3. The number of primary sulfonamides is 1. The van der Waals surface area contributed by atoms with Gasteiger partial charge in [0.15, 0.2) is 0 Å². The van der Waals surface area contributed by atoms with E-state index in [1.807, 2.05) is 0 Å². The van der Waals surface area contributed by atoms with Gasteiger partial charge in [-0.15, -0.1) is 0 Å². The van der Waals surface area contributed by atoms with E-state index in [9.17, 15) is 17.6 Å². The van der Waals surface area contributed by atoms with Crippen LogP contribution in [-0.2, 0) is 16.4 Å². The van der Waals surface area contributed by atoms with E-state index in [-0.39, 0.29) is 16.6 Å². The van der Waals surface area contributed by atoms with Gasteiger partial charge in [0, 0.05) is 12.1 Å². The molecular weight excluding hydrogens is 319 g/mol. The van der Waals surface area contributed by atoms with Gasteiger partial charge in [-0.05, 0) is 54.8 Å². The van der Waals surface area contributed by atoms with Crippen molar-refractivity contribution >= 4 is 15.9 Å². The lowest BCUT2D eigenvalue weighted by Crippen LogP contribution is -2.24. The fraction of sp³-hybridized carbons (Fsp3) is 0.188.